The predicted molar refractivity (Wildman–Crippen MR) is 70.2 cm³/mol. The van der Waals surface area contributed by atoms with Crippen LogP contribution in [0, 0.1) is 6.92 Å². The number of methoxy groups -OCH3 is 1. The number of esters is 1. The van der Waals surface area contributed by atoms with Gasteiger partial charge in [-0.2, -0.15) is 0 Å². The number of piperazine rings is 1. The molecular weight excluding hydrogens is 246 g/mol. The van der Waals surface area contributed by atoms with Crippen LogP contribution in [0.5, 0.6) is 0 Å². The molecule has 19 heavy (non-hydrogen) atoms. The summed E-state index contributed by atoms with van der Waals surface area (Å²) in [7, 11) is 1.36. The van der Waals surface area contributed by atoms with Crippen LogP contribution in [0.15, 0.2) is 12.1 Å². The number of carbonyl (C=O) groups excluding carboxylic acids is 2. The van der Waals surface area contributed by atoms with E-state index < -0.39 is 0 Å². The van der Waals surface area contributed by atoms with Crippen molar-refractivity contribution < 1.29 is 14.3 Å². The minimum atomic E-state index is -0.373. The van der Waals surface area contributed by atoms with Gasteiger partial charge in [0.05, 0.1) is 18.4 Å². The maximum Gasteiger partial charge on any atom is 0.339 e. The van der Waals surface area contributed by atoms with Crippen molar-refractivity contribution in [3.63, 3.8) is 0 Å². The van der Waals surface area contributed by atoms with Gasteiger partial charge in [0.2, 0.25) is 6.41 Å². The molecule has 1 amide bonds. The van der Waals surface area contributed by atoms with E-state index in [2.05, 4.69) is 9.88 Å². The molecule has 0 aliphatic carbocycles. The highest BCUT2D eigenvalue weighted by Crippen LogP contribution is 2.17. The van der Waals surface area contributed by atoms with E-state index in [1.807, 2.05) is 6.07 Å². The first kappa shape index (κ1) is 13.3. The van der Waals surface area contributed by atoms with E-state index in [-0.39, 0.29) is 5.97 Å². The summed E-state index contributed by atoms with van der Waals surface area (Å²) in [5, 5.41) is 0. The molecular formula is C13H17N3O3. The van der Waals surface area contributed by atoms with E-state index in [0.29, 0.717) is 24.3 Å². The first-order valence-corrected chi connectivity index (χ1v) is 6.16. The second-order valence-corrected chi connectivity index (χ2v) is 4.42. The fourth-order valence-electron chi connectivity index (χ4n) is 2.11. The van der Waals surface area contributed by atoms with Gasteiger partial charge in [-0.1, -0.05) is 0 Å². The number of hydrogen-bond donors (Lipinski definition) is 0. The monoisotopic (exact) mass is 263 g/mol. The number of pyridine rings is 1. The molecule has 1 aliphatic heterocycles. The number of anilines is 1. The number of amides is 1. The number of aromatic nitrogens is 1. The molecule has 0 spiro atoms. The molecule has 0 radical (unpaired) electrons. The summed E-state index contributed by atoms with van der Waals surface area (Å²) in [6, 6.07) is 3.55. The quantitative estimate of drug-likeness (QED) is 0.585. The number of ether oxygens (including phenoxy) is 1. The Labute approximate surface area is 112 Å². The lowest BCUT2D eigenvalue weighted by Gasteiger charge is -2.33. The predicted octanol–water partition coefficient (Wildman–Crippen LogP) is 0.455. The summed E-state index contributed by atoms with van der Waals surface area (Å²) in [6.07, 6.45) is 0.871. The number of aryl methyl sites for hydroxylation is 1. The zero-order valence-electron chi connectivity index (χ0n) is 11.1. The minimum absolute atomic E-state index is 0.373. The zero-order valence-corrected chi connectivity index (χ0v) is 11.1. The Morgan fingerprint density at radius 1 is 1.32 bits per heavy atom. The van der Waals surface area contributed by atoms with Gasteiger partial charge < -0.3 is 14.5 Å². The van der Waals surface area contributed by atoms with Crippen LogP contribution in [-0.4, -0.2) is 55.6 Å². The van der Waals surface area contributed by atoms with Gasteiger partial charge in [0.25, 0.3) is 0 Å². The van der Waals surface area contributed by atoms with E-state index in [1.54, 1.807) is 17.9 Å². The lowest BCUT2D eigenvalue weighted by Crippen LogP contribution is -2.46. The highest BCUT2D eigenvalue weighted by molar-refractivity contribution is 5.90. The van der Waals surface area contributed by atoms with E-state index in [1.165, 1.54) is 7.11 Å². The summed E-state index contributed by atoms with van der Waals surface area (Å²) >= 11 is 0. The number of hydrogen-bond acceptors (Lipinski definition) is 5. The van der Waals surface area contributed by atoms with Crippen molar-refractivity contribution in [2.75, 3.05) is 38.2 Å². The van der Waals surface area contributed by atoms with Crippen LogP contribution in [0.3, 0.4) is 0 Å². The van der Waals surface area contributed by atoms with Crippen molar-refractivity contribution in [3.05, 3.63) is 23.4 Å². The van der Waals surface area contributed by atoms with E-state index in [0.717, 1.165) is 25.3 Å². The van der Waals surface area contributed by atoms with Crippen LogP contribution in [0.4, 0.5) is 5.82 Å². The Kier molecular flexibility index (Phi) is 3.99. The Hall–Kier alpha value is -2.11. The van der Waals surface area contributed by atoms with E-state index in [4.69, 9.17) is 4.74 Å². The van der Waals surface area contributed by atoms with Gasteiger partial charge in [-0.15, -0.1) is 0 Å². The van der Waals surface area contributed by atoms with Crippen molar-refractivity contribution in [1.82, 2.24) is 9.88 Å². The standard InChI is InChI=1S/C13H17N3O3/c1-10-11(13(18)19-2)3-4-12(14-10)16-7-5-15(9-17)6-8-16/h3-4,9H,5-8H2,1-2H3. The van der Waals surface area contributed by atoms with Crippen molar-refractivity contribution in [2.45, 2.75) is 6.92 Å². The van der Waals surface area contributed by atoms with Crippen LogP contribution in [-0.2, 0) is 9.53 Å². The molecule has 1 saturated heterocycles. The number of rotatable bonds is 3. The summed E-state index contributed by atoms with van der Waals surface area (Å²) in [6.45, 7) is 4.69. The van der Waals surface area contributed by atoms with E-state index in [9.17, 15) is 9.59 Å². The normalized spacial score (nSPS) is 15.3. The molecule has 102 valence electrons. The van der Waals surface area contributed by atoms with Gasteiger partial charge in [0.15, 0.2) is 0 Å². The van der Waals surface area contributed by atoms with Gasteiger partial charge in [-0.05, 0) is 19.1 Å². The molecule has 1 aromatic rings. The highest BCUT2D eigenvalue weighted by Gasteiger charge is 2.18. The molecule has 1 aromatic heterocycles. The Morgan fingerprint density at radius 2 is 2.00 bits per heavy atom. The SMILES string of the molecule is COC(=O)c1ccc(N2CCN(C=O)CC2)nc1C. The maximum atomic E-state index is 11.5. The molecule has 6 nitrogen and oxygen atoms in total. The molecule has 1 fully saturated rings. The Bertz CT molecular complexity index is 482. The van der Waals surface area contributed by atoms with Gasteiger partial charge in [-0.25, -0.2) is 9.78 Å². The number of carbonyl (C=O) groups is 2. The first-order chi connectivity index (χ1) is 9.15. The molecule has 0 saturated carbocycles. The first-order valence-electron chi connectivity index (χ1n) is 6.16. The second kappa shape index (κ2) is 5.69. The van der Waals surface area contributed by atoms with Crippen LogP contribution in [0.25, 0.3) is 0 Å². The third-order valence-electron chi connectivity index (χ3n) is 3.26. The fraction of sp³-hybridized carbons (Fsp3) is 0.462. The van der Waals surface area contributed by atoms with Gasteiger partial charge in [0.1, 0.15) is 5.82 Å². The Balaban J connectivity index is 2.12. The molecule has 0 unspecified atom stereocenters. The average Bonchev–Trinajstić information content (AvgIpc) is 2.46. The Morgan fingerprint density at radius 3 is 2.53 bits per heavy atom. The molecule has 2 rings (SSSR count). The lowest BCUT2D eigenvalue weighted by atomic mass is 10.2. The van der Waals surface area contributed by atoms with Crippen LogP contribution in [0.2, 0.25) is 0 Å². The van der Waals surface area contributed by atoms with Crippen molar-refractivity contribution in [2.24, 2.45) is 0 Å². The lowest BCUT2D eigenvalue weighted by molar-refractivity contribution is -0.118. The van der Waals surface area contributed by atoms with Crippen LogP contribution < -0.4 is 4.90 Å². The fourth-order valence-corrected chi connectivity index (χ4v) is 2.11. The zero-order chi connectivity index (χ0) is 13.8. The molecule has 0 atom stereocenters. The van der Waals surface area contributed by atoms with Crippen LogP contribution >= 0.6 is 0 Å². The summed E-state index contributed by atoms with van der Waals surface area (Å²) in [5.41, 5.74) is 1.14. The molecule has 1 aliphatic rings. The maximum absolute atomic E-state index is 11.5. The molecule has 2 heterocycles. The summed E-state index contributed by atoms with van der Waals surface area (Å²) in [4.78, 5) is 30.4. The van der Waals surface area contributed by atoms with Gasteiger partial charge >= 0.3 is 5.97 Å². The number of nitrogens with zero attached hydrogens (tertiary/aromatic N) is 3. The third kappa shape index (κ3) is 2.83. The van der Waals surface area contributed by atoms with Crippen LogP contribution in [0.1, 0.15) is 16.1 Å². The minimum Gasteiger partial charge on any atom is -0.465 e. The molecule has 0 bridgehead atoms. The van der Waals surface area contributed by atoms with E-state index >= 15 is 0 Å². The smallest absolute Gasteiger partial charge is 0.339 e. The second-order valence-electron chi connectivity index (χ2n) is 4.42. The van der Waals surface area contributed by atoms with Gasteiger partial charge in [0, 0.05) is 26.2 Å². The molecule has 0 N–H and O–H groups in total. The average molecular weight is 263 g/mol. The van der Waals surface area contributed by atoms with Gasteiger partial charge in [-0.3, -0.25) is 4.79 Å². The third-order valence-corrected chi connectivity index (χ3v) is 3.26. The largest absolute Gasteiger partial charge is 0.465 e. The topological polar surface area (TPSA) is 62.7 Å². The summed E-state index contributed by atoms with van der Waals surface area (Å²) < 4.78 is 4.69. The molecule has 0 aromatic carbocycles. The highest BCUT2D eigenvalue weighted by atomic mass is 16.5. The molecule has 6 heteroatoms. The van der Waals surface area contributed by atoms with Crippen molar-refractivity contribution >= 4 is 18.2 Å². The summed E-state index contributed by atoms with van der Waals surface area (Å²) in [5.74, 6) is 0.457. The van der Waals surface area contributed by atoms with Crippen molar-refractivity contribution in [1.29, 1.82) is 0 Å². The van der Waals surface area contributed by atoms with Crippen molar-refractivity contribution in [3.8, 4) is 0 Å².